The molecule has 0 atom stereocenters. The molecular weight excluding hydrogens is 558 g/mol. The Kier molecular flexibility index (Phi) is 30.3. The highest BCUT2D eigenvalue weighted by molar-refractivity contribution is 14.2. The van der Waals surface area contributed by atoms with Gasteiger partial charge in [-0.3, -0.25) is 0 Å². The Morgan fingerprint density at radius 3 is 0.714 bits per heavy atom. The van der Waals surface area contributed by atoms with Gasteiger partial charge in [-0.05, 0) is 34.9 Å². The zero-order valence-electron chi connectivity index (χ0n) is 24.4. The van der Waals surface area contributed by atoms with E-state index in [1.807, 2.05) is 0 Å². The largest absolute Gasteiger partial charge is 0.313 e. The van der Waals surface area contributed by atoms with Crippen LogP contribution in [0.15, 0.2) is 0 Å². The molecule has 0 bridgehead atoms. The van der Waals surface area contributed by atoms with Crippen molar-refractivity contribution in [1.29, 1.82) is 0 Å². The zero-order valence-corrected chi connectivity index (χ0v) is 27.5. The molecule has 0 amide bonds. The van der Waals surface area contributed by atoms with Crippen LogP contribution in [0, 0.1) is 0 Å². The molecule has 212 valence electrons. The molecule has 0 aliphatic rings. The van der Waals surface area contributed by atoms with Gasteiger partial charge < -0.3 is 4.57 Å². The number of unbranched alkanes of at least 4 members (excludes halogenated alkanes) is 26. The summed E-state index contributed by atoms with van der Waals surface area (Å²) in [5, 5.41) is 0. The fourth-order valence-corrected chi connectivity index (χ4v) is 8.86. The Hall–Kier alpha value is 0.960. The smallest absolute Gasteiger partial charge is 0.143 e. The minimum absolute atomic E-state index is 0.990. The van der Waals surface area contributed by atoms with E-state index in [4.69, 9.17) is 0 Å². The predicted molar refractivity (Wildman–Crippen MR) is 172 cm³/mol. The number of halogens is 1. The highest BCUT2D eigenvalue weighted by Gasteiger charge is 2.16. The predicted octanol–water partition coefficient (Wildman–Crippen LogP) is 13.7. The van der Waals surface area contributed by atoms with Crippen LogP contribution in [-0.2, 0) is 4.57 Å². The molecule has 0 aromatic rings. The molecule has 1 nitrogen and oxygen atoms in total. The molecule has 0 saturated carbocycles. The molecule has 0 unspecified atom stereocenters. The van der Waals surface area contributed by atoms with Crippen LogP contribution < -0.4 is 0 Å². The Bertz CT molecular complexity index is 403. The molecule has 0 saturated heterocycles. The molecule has 0 aromatic carbocycles. The molecule has 0 rings (SSSR count). The van der Waals surface area contributed by atoms with Crippen LogP contribution in [0.4, 0.5) is 0 Å². The Labute approximate surface area is 236 Å². The zero-order chi connectivity index (χ0) is 25.7. The first-order valence-electron chi connectivity index (χ1n) is 16.4. The summed E-state index contributed by atoms with van der Waals surface area (Å²) in [6.07, 6.45) is 41.1. The third-order valence-electron chi connectivity index (χ3n) is 7.69. The summed E-state index contributed by atoms with van der Waals surface area (Å²) in [6.45, 7) is 4.59. The quantitative estimate of drug-likeness (QED) is 0.0441. The maximum Gasteiger partial charge on any atom is 0.143 e. The van der Waals surface area contributed by atoms with E-state index in [0.717, 1.165) is 12.3 Å². The van der Waals surface area contributed by atoms with E-state index < -0.39 is 4.78 Å². The van der Waals surface area contributed by atoms with Gasteiger partial charge in [-0.25, -0.2) is 0 Å². The summed E-state index contributed by atoms with van der Waals surface area (Å²) in [5.41, 5.74) is 0. The van der Waals surface area contributed by atoms with Crippen molar-refractivity contribution in [3.8, 4) is 0 Å². The lowest BCUT2D eigenvalue weighted by Gasteiger charge is -2.11. The van der Waals surface area contributed by atoms with Gasteiger partial charge >= 0.3 is 0 Å². The average Bonchev–Trinajstić information content (AvgIpc) is 2.84. The van der Waals surface area contributed by atoms with Crippen molar-refractivity contribution in [2.75, 3.05) is 12.3 Å². The first-order chi connectivity index (χ1) is 17.1. The molecule has 3 heteroatoms. The number of hydrogen-bond donors (Lipinski definition) is 0. The van der Waals surface area contributed by atoms with Crippen LogP contribution in [-0.4, -0.2) is 12.3 Å². The summed E-state index contributed by atoms with van der Waals surface area (Å²) < 4.78 is 12.8. The lowest BCUT2D eigenvalue weighted by Crippen LogP contribution is -1.92. The van der Waals surface area contributed by atoms with Crippen molar-refractivity contribution in [1.82, 2.24) is 0 Å². The van der Waals surface area contributed by atoms with Crippen molar-refractivity contribution < 1.29 is 4.57 Å². The third kappa shape index (κ3) is 31.1. The molecular formula is C32H66IOP. The summed E-state index contributed by atoms with van der Waals surface area (Å²) in [7, 11) is 0. The van der Waals surface area contributed by atoms with Crippen LogP contribution in [0.1, 0.15) is 194 Å². The van der Waals surface area contributed by atoms with Gasteiger partial charge in [-0.15, -0.1) is 0 Å². The van der Waals surface area contributed by atoms with E-state index in [1.54, 1.807) is 0 Å². The van der Waals surface area contributed by atoms with Crippen LogP contribution in [0.5, 0.6) is 0 Å². The van der Waals surface area contributed by atoms with Gasteiger partial charge in [0.25, 0.3) is 0 Å². The molecule has 0 aromatic heterocycles. The summed E-state index contributed by atoms with van der Waals surface area (Å²) in [5.74, 6) is 0. The maximum atomic E-state index is 12.8. The summed E-state index contributed by atoms with van der Waals surface area (Å²) >= 11 is 2.33. The van der Waals surface area contributed by atoms with E-state index in [0.29, 0.717) is 0 Å². The molecule has 0 fully saturated rings. The van der Waals surface area contributed by atoms with Crippen molar-refractivity contribution in [3.05, 3.63) is 0 Å². The molecule has 0 spiro atoms. The summed E-state index contributed by atoms with van der Waals surface area (Å²) in [4.78, 5) is -1.89. The molecule has 0 radical (unpaired) electrons. The molecule has 0 heterocycles. The van der Waals surface area contributed by atoms with Gasteiger partial charge in [0.15, 0.2) is 0 Å². The van der Waals surface area contributed by atoms with Crippen molar-refractivity contribution >= 4 is 26.8 Å². The van der Waals surface area contributed by atoms with Gasteiger partial charge in [-0.1, -0.05) is 181 Å². The highest BCUT2D eigenvalue weighted by Crippen LogP contribution is 2.55. The normalized spacial score (nSPS) is 12.0. The standard InChI is InChI=1S/C32H66IOP/c1-3-5-7-9-11-13-15-17-19-21-23-25-27-29-31-35(33,34)32-30-28-26-24-22-20-18-16-14-12-10-8-6-4-2/h3-32H2,1-2H3. The lowest BCUT2D eigenvalue weighted by molar-refractivity contribution is 0.535. The van der Waals surface area contributed by atoms with E-state index in [2.05, 4.69) is 35.9 Å². The fraction of sp³-hybridized carbons (Fsp3) is 1.00. The Balaban J connectivity index is 3.28. The lowest BCUT2D eigenvalue weighted by atomic mass is 10.0. The maximum absolute atomic E-state index is 12.8. The second-order valence-corrected chi connectivity index (χ2v) is 19.2. The van der Waals surface area contributed by atoms with Crippen LogP contribution in [0.2, 0.25) is 0 Å². The molecule has 0 N–H and O–H groups in total. The van der Waals surface area contributed by atoms with Gasteiger partial charge in [0.2, 0.25) is 0 Å². The van der Waals surface area contributed by atoms with E-state index in [9.17, 15) is 4.57 Å². The summed E-state index contributed by atoms with van der Waals surface area (Å²) in [6, 6.07) is 0. The van der Waals surface area contributed by atoms with Gasteiger partial charge in [-0.2, -0.15) is 0 Å². The van der Waals surface area contributed by atoms with Crippen LogP contribution in [0.3, 0.4) is 0 Å². The molecule has 35 heavy (non-hydrogen) atoms. The fourth-order valence-electron chi connectivity index (χ4n) is 5.20. The van der Waals surface area contributed by atoms with E-state index in [-0.39, 0.29) is 0 Å². The monoisotopic (exact) mass is 624 g/mol. The SMILES string of the molecule is CCCCCCCCCCCCCCCCP(=O)(I)CCCCCCCCCCCCCCCC. The van der Waals surface area contributed by atoms with Crippen LogP contribution in [0.25, 0.3) is 0 Å². The Morgan fingerprint density at radius 2 is 0.514 bits per heavy atom. The minimum Gasteiger partial charge on any atom is -0.313 e. The number of rotatable bonds is 30. The van der Waals surface area contributed by atoms with Gasteiger partial charge in [0.05, 0.1) is 0 Å². The van der Waals surface area contributed by atoms with E-state index >= 15 is 0 Å². The van der Waals surface area contributed by atoms with Crippen molar-refractivity contribution in [2.24, 2.45) is 0 Å². The first kappa shape index (κ1) is 36.0. The van der Waals surface area contributed by atoms with Crippen molar-refractivity contribution in [2.45, 2.75) is 194 Å². The third-order valence-corrected chi connectivity index (χ3v) is 12.6. The Morgan fingerprint density at radius 1 is 0.343 bits per heavy atom. The highest BCUT2D eigenvalue weighted by atomic mass is 127. The topological polar surface area (TPSA) is 17.1 Å². The van der Waals surface area contributed by atoms with Gasteiger partial charge in [0, 0.05) is 12.3 Å². The molecule has 0 aliphatic heterocycles. The first-order valence-corrected chi connectivity index (χ1v) is 21.3. The molecule has 0 aliphatic carbocycles. The van der Waals surface area contributed by atoms with E-state index in [1.165, 1.54) is 180 Å². The van der Waals surface area contributed by atoms with Crippen molar-refractivity contribution in [3.63, 3.8) is 0 Å². The minimum atomic E-state index is -1.89. The van der Waals surface area contributed by atoms with Crippen LogP contribution >= 0.6 is 26.8 Å². The second kappa shape index (κ2) is 29.5. The average molecular weight is 625 g/mol. The second-order valence-electron chi connectivity index (χ2n) is 11.4. The number of hydrogen-bond acceptors (Lipinski definition) is 1. The van der Waals surface area contributed by atoms with Gasteiger partial charge in [0.1, 0.15) is 4.78 Å².